The zero-order valence-corrected chi connectivity index (χ0v) is 13.8. The molecular formula is C17H25N3O. The molecule has 0 saturated carbocycles. The van der Waals surface area contributed by atoms with Gasteiger partial charge in [0.25, 0.3) is 0 Å². The molecule has 0 spiro atoms. The van der Waals surface area contributed by atoms with Crippen molar-refractivity contribution >= 4 is 0 Å². The monoisotopic (exact) mass is 287 g/mol. The second kappa shape index (κ2) is 6.31. The van der Waals surface area contributed by atoms with Crippen LogP contribution in [0.5, 0.6) is 5.75 Å². The Bertz CT molecular complexity index is 631. The maximum atomic E-state index is 5.31. The fourth-order valence-corrected chi connectivity index (χ4v) is 2.88. The average Bonchev–Trinajstić information content (AvgIpc) is 2.70. The van der Waals surface area contributed by atoms with Crippen LogP contribution in [0.15, 0.2) is 18.2 Å². The Kier molecular flexibility index (Phi) is 4.68. The lowest BCUT2D eigenvalue weighted by Crippen LogP contribution is -2.24. The van der Waals surface area contributed by atoms with E-state index in [4.69, 9.17) is 4.74 Å². The second-order valence-corrected chi connectivity index (χ2v) is 5.42. The van der Waals surface area contributed by atoms with Crippen molar-refractivity contribution in [3.63, 3.8) is 0 Å². The van der Waals surface area contributed by atoms with Crippen LogP contribution in [0.1, 0.15) is 41.0 Å². The largest absolute Gasteiger partial charge is 0.497 e. The molecule has 1 aromatic carbocycles. The van der Waals surface area contributed by atoms with Gasteiger partial charge < -0.3 is 10.1 Å². The fourth-order valence-electron chi connectivity index (χ4n) is 2.88. The predicted molar refractivity (Wildman–Crippen MR) is 85.9 cm³/mol. The van der Waals surface area contributed by atoms with E-state index in [0.29, 0.717) is 0 Å². The van der Waals surface area contributed by atoms with Gasteiger partial charge in [-0.1, -0.05) is 13.0 Å². The maximum Gasteiger partial charge on any atom is 0.119 e. The van der Waals surface area contributed by atoms with E-state index in [0.717, 1.165) is 18.0 Å². The molecule has 1 unspecified atom stereocenters. The predicted octanol–water partition coefficient (Wildman–Crippen LogP) is 3.05. The van der Waals surface area contributed by atoms with Gasteiger partial charge in [-0.05, 0) is 50.6 Å². The highest BCUT2D eigenvalue weighted by atomic mass is 16.5. The Labute approximate surface area is 127 Å². The van der Waals surface area contributed by atoms with E-state index in [-0.39, 0.29) is 6.04 Å². The minimum atomic E-state index is 0.162. The van der Waals surface area contributed by atoms with Gasteiger partial charge in [-0.25, -0.2) is 0 Å². The summed E-state index contributed by atoms with van der Waals surface area (Å²) < 4.78 is 7.26. The Morgan fingerprint density at radius 1 is 1.29 bits per heavy atom. The first kappa shape index (κ1) is 15.6. The van der Waals surface area contributed by atoms with Crippen molar-refractivity contribution in [2.75, 3.05) is 13.7 Å². The number of nitrogens with one attached hydrogen (secondary N) is 1. The lowest BCUT2D eigenvalue weighted by Gasteiger charge is -2.22. The summed E-state index contributed by atoms with van der Waals surface area (Å²) in [7, 11) is 3.70. The van der Waals surface area contributed by atoms with Gasteiger partial charge in [0.05, 0.1) is 18.8 Å². The molecule has 0 amide bonds. The summed E-state index contributed by atoms with van der Waals surface area (Å²) in [6.45, 7) is 9.37. The molecule has 4 heteroatoms. The van der Waals surface area contributed by atoms with Crippen LogP contribution in [-0.2, 0) is 7.05 Å². The zero-order valence-electron chi connectivity index (χ0n) is 13.8. The lowest BCUT2D eigenvalue weighted by atomic mass is 9.93. The molecule has 1 aromatic heterocycles. The molecule has 21 heavy (non-hydrogen) atoms. The van der Waals surface area contributed by atoms with Crippen LogP contribution in [0, 0.1) is 20.8 Å². The molecule has 2 rings (SSSR count). The average molecular weight is 287 g/mol. The first-order valence-electron chi connectivity index (χ1n) is 7.37. The molecule has 0 saturated heterocycles. The van der Waals surface area contributed by atoms with Gasteiger partial charge in [0, 0.05) is 18.3 Å². The van der Waals surface area contributed by atoms with Crippen LogP contribution in [0.4, 0.5) is 0 Å². The molecule has 1 atom stereocenters. The first-order chi connectivity index (χ1) is 9.99. The van der Waals surface area contributed by atoms with E-state index in [9.17, 15) is 0 Å². The molecule has 4 nitrogen and oxygen atoms in total. The Morgan fingerprint density at radius 2 is 2.00 bits per heavy atom. The van der Waals surface area contributed by atoms with Crippen molar-refractivity contribution in [2.24, 2.45) is 7.05 Å². The Morgan fingerprint density at radius 3 is 2.48 bits per heavy atom. The number of methoxy groups -OCH3 is 1. The van der Waals surface area contributed by atoms with Gasteiger partial charge in [-0.15, -0.1) is 0 Å². The number of ether oxygens (including phenoxy) is 1. The molecule has 0 radical (unpaired) electrons. The number of hydrogen-bond donors (Lipinski definition) is 1. The van der Waals surface area contributed by atoms with E-state index in [1.54, 1.807) is 7.11 Å². The lowest BCUT2D eigenvalue weighted by molar-refractivity contribution is 0.414. The third-order valence-corrected chi connectivity index (χ3v) is 4.05. The molecule has 1 heterocycles. The summed E-state index contributed by atoms with van der Waals surface area (Å²) in [5, 5.41) is 8.15. The molecule has 2 aromatic rings. The number of rotatable bonds is 5. The second-order valence-electron chi connectivity index (χ2n) is 5.42. The molecular weight excluding hydrogens is 262 g/mol. The summed E-state index contributed by atoms with van der Waals surface area (Å²) in [4.78, 5) is 0. The van der Waals surface area contributed by atoms with Crippen molar-refractivity contribution in [1.82, 2.24) is 15.1 Å². The molecule has 0 aliphatic carbocycles. The number of aryl methyl sites for hydroxylation is 3. The number of hydrogen-bond acceptors (Lipinski definition) is 3. The number of nitrogens with zero attached hydrogens (tertiary/aromatic N) is 2. The summed E-state index contributed by atoms with van der Waals surface area (Å²) in [6.07, 6.45) is 0. The molecule has 0 bridgehead atoms. The Hall–Kier alpha value is -1.81. The van der Waals surface area contributed by atoms with Crippen molar-refractivity contribution in [1.29, 1.82) is 0 Å². The molecule has 0 aliphatic heterocycles. The van der Waals surface area contributed by atoms with E-state index in [2.05, 4.69) is 50.2 Å². The van der Waals surface area contributed by atoms with Crippen molar-refractivity contribution in [3.8, 4) is 5.75 Å². The van der Waals surface area contributed by atoms with Crippen LogP contribution >= 0.6 is 0 Å². The quantitative estimate of drug-likeness (QED) is 0.918. The zero-order chi connectivity index (χ0) is 15.6. The smallest absolute Gasteiger partial charge is 0.119 e. The van der Waals surface area contributed by atoms with E-state index in [1.807, 2.05) is 17.8 Å². The third kappa shape index (κ3) is 2.95. The first-order valence-corrected chi connectivity index (χ1v) is 7.37. The van der Waals surface area contributed by atoms with Gasteiger partial charge in [-0.3, -0.25) is 4.68 Å². The van der Waals surface area contributed by atoms with Gasteiger partial charge in [0.2, 0.25) is 0 Å². The normalized spacial score (nSPS) is 12.5. The SMILES string of the molecule is CCNC(c1ccc(OC)cc1C)c1c(C)nn(C)c1C. The summed E-state index contributed by atoms with van der Waals surface area (Å²) in [5.74, 6) is 0.895. The van der Waals surface area contributed by atoms with Gasteiger partial charge in [-0.2, -0.15) is 5.10 Å². The van der Waals surface area contributed by atoms with Crippen molar-refractivity contribution < 1.29 is 4.74 Å². The van der Waals surface area contributed by atoms with Crippen molar-refractivity contribution in [3.05, 3.63) is 46.3 Å². The highest BCUT2D eigenvalue weighted by Gasteiger charge is 2.22. The molecule has 0 fully saturated rings. The maximum absolute atomic E-state index is 5.31. The number of aromatic nitrogens is 2. The summed E-state index contributed by atoms with van der Waals surface area (Å²) in [5.41, 5.74) is 6.05. The summed E-state index contributed by atoms with van der Waals surface area (Å²) in [6, 6.07) is 6.41. The molecule has 1 N–H and O–H groups in total. The standard InChI is InChI=1S/C17H25N3O/c1-7-18-17(16-12(3)19-20(5)13(16)4)15-9-8-14(21-6)10-11(15)2/h8-10,17-18H,7H2,1-6H3. The van der Waals surface area contributed by atoms with E-state index < -0.39 is 0 Å². The highest BCUT2D eigenvalue weighted by Crippen LogP contribution is 2.31. The van der Waals surface area contributed by atoms with Crippen molar-refractivity contribution in [2.45, 2.75) is 33.7 Å². The minimum absolute atomic E-state index is 0.162. The molecule has 0 aliphatic rings. The van der Waals surface area contributed by atoms with Crippen LogP contribution in [-0.4, -0.2) is 23.4 Å². The van der Waals surface area contributed by atoms with Crippen LogP contribution in [0.3, 0.4) is 0 Å². The highest BCUT2D eigenvalue weighted by molar-refractivity contribution is 5.43. The summed E-state index contributed by atoms with van der Waals surface area (Å²) >= 11 is 0. The van der Waals surface area contributed by atoms with E-state index >= 15 is 0 Å². The third-order valence-electron chi connectivity index (χ3n) is 4.05. The topological polar surface area (TPSA) is 39.1 Å². The fraction of sp³-hybridized carbons (Fsp3) is 0.471. The van der Waals surface area contributed by atoms with Gasteiger partial charge in [0.15, 0.2) is 0 Å². The number of benzene rings is 1. The van der Waals surface area contributed by atoms with Crippen LogP contribution in [0.25, 0.3) is 0 Å². The Balaban J connectivity index is 2.53. The molecule has 114 valence electrons. The van der Waals surface area contributed by atoms with Gasteiger partial charge in [0.1, 0.15) is 5.75 Å². The van der Waals surface area contributed by atoms with Crippen LogP contribution < -0.4 is 10.1 Å². The van der Waals surface area contributed by atoms with E-state index in [1.165, 1.54) is 22.4 Å². The van der Waals surface area contributed by atoms with Gasteiger partial charge >= 0.3 is 0 Å². The minimum Gasteiger partial charge on any atom is -0.497 e. The van der Waals surface area contributed by atoms with Crippen LogP contribution in [0.2, 0.25) is 0 Å².